The number of hydrogen-bond acceptors (Lipinski definition) is 1. The summed E-state index contributed by atoms with van der Waals surface area (Å²) in [6.07, 6.45) is 3.95. The van der Waals surface area contributed by atoms with Crippen molar-refractivity contribution in [2.24, 2.45) is 17.8 Å². The second-order valence-electron chi connectivity index (χ2n) is 5.62. The molecule has 0 aliphatic heterocycles. The van der Waals surface area contributed by atoms with Crippen LogP contribution < -0.4 is 10.6 Å². The molecule has 2 N–H and O–H groups in total. The van der Waals surface area contributed by atoms with E-state index in [2.05, 4.69) is 38.3 Å². The number of thiocarbonyl (C=S) groups is 1. The minimum Gasteiger partial charge on any atom is -0.362 e. The molecule has 0 bridgehead atoms. The van der Waals surface area contributed by atoms with Gasteiger partial charge in [-0.2, -0.15) is 0 Å². The lowest BCUT2D eigenvalue weighted by molar-refractivity contribution is 0.224. The van der Waals surface area contributed by atoms with E-state index in [4.69, 9.17) is 12.2 Å². The molecule has 1 rings (SSSR count). The molecule has 3 atom stereocenters. The highest BCUT2D eigenvalue weighted by molar-refractivity contribution is 7.80. The number of nitrogens with one attached hydrogen (secondary N) is 2. The number of hydrogen-bond donors (Lipinski definition) is 2. The molecule has 0 aromatic carbocycles. The molecule has 1 fully saturated rings. The highest BCUT2D eigenvalue weighted by atomic mass is 32.1. The fourth-order valence-electron chi connectivity index (χ4n) is 2.30. The fourth-order valence-corrected chi connectivity index (χ4v) is 2.54. The van der Waals surface area contributed by atoms with Gasteiger partial charge in [0.25, 0.3) is 0 Å². The van der Waals surface area contributed by atoms with Crippen LogP contribution in [-0.2, 0) is 0 Å². The van der Waals surface area contributed by atoms with E-state index in [1.807, 2.05) is 0 Å². The van der Waals surface area contributed by atoms with Gasteiger partial charge in [0.2, 0.25) is 0 Å². The fraction of sp³-hybridized carbons (Fsp3) is 0.923. The Morgan fingerprint density at radius 3 is 2.62 bits per heavy atom. The largest absolute Gasteiger partial charge is 0.362 e. The maximum atomic E-state index is 5.32. The van der Waals surface area contributed by atoms with Crippen LogP contribution in [-0.4, -0.2) is 17.7 Å². The summed E-state index contributed by atoms with van der Waals surface area (Å²) in [7, 11) is 0. The van der Waals surface area contributed by atoms with Gasteiger partial charge in [-0.1, -0.05) is 40.5 Å². The maximum Gasteiger partial charge on any atom is 0.166 e. The lowest BCUT2D eigenvalue weighted by Crippen LogP contribution is -2.48. The molecule has 3 heteroatoms. The zero-order chi connectivity index (χ0) is 12.1. The summed E-state index contributed by atoms with van der Waals surface area (Å²) in [6, 6.07) is 0.566. The van der Waals surface area contributed by atoms with Crippen molar-refractivity contribution in [2.75, 3.05) is 6.54 Å². The molecule has 0 saturated heterocycles. The summed E-state index contributed by atoms with van der Waals surface area (Å²) < 4.78 is 0. The first-order valence-corrected chi connectivity index (χ1v) is 6.96. The van der Waals surface area contributed by atoms with Gasteiger partial charge in [-0.15, -0.1) is 0 Å². The van der Waals surface area contributed by atoms with Crippen molar-refractivity contribution in [1.29, 1.82) is 0 Å². The van der Waals surface area contributed by atoms with Crippen LogP contribution in [0, 0.1) is 17.8 Å². The van der Waals surface area contributed by atoms with Crippen LogP contribution >= 0.6 is 12.2 Å². The minimum absolute atomic E-state index is 0.566. The molecule has 1 aliphatic rings. The third-order valence-corrected chi connectivity index (χ3v) is 3.96. The lowest BCUT2D eigenvalue weighted by Gasteiger charge is -2.35. The van der Waals surface area contributed by atoms with Crippen molar-refractivity contribution < 1.29 is 0 Å². The Bertz CT molecular complexity index is 228. The van der Waals surface area contributed by atoms with E-state index in [1.165, 1.54) is 19.3 Å². The Kier molecular flexibility index (Phi) is 5.53. The zero-order valence-electron chi connectivity index (χ0n) is 11.0. The Balaban J connectivity index is 2.32. The van der Waals surface area contributed by atoms with Crippen LogP contribution in [0.1, 0.15) is 47.0 Å². The molecular formula is C13H26N2S. The summed E-state index contributed by atoms with van der Waals surface area (Å²) in [5.74, 6) is 2.19. The van der Waals surface area contributed by atoms with Crippen LogP contribution in [0.2, 0.25) is 0 Å². The smallest absolute Gasteiger partial charge is 0.166 e. The molecule has 0 aromatic rings. The predicted molar refractivity (Wildman–Crippen MR) is 74.5 cm³/mol. The Labute approximate surface area is 106 Å². The summed E-state index contributed by atoms with van der Waals surface area (Å²) in [4.78, 5) is 0. The maximum absolute atomic E-state index is 5.32. The first kappa shape index (κ1) is 13.8. The third-order valence-electron chi connectivity index (χ3n) is 3.69. The molecule has 0 radical (unpaired) electrons. The lowest BCUT2D eigenvalue weighted by atomic mass is 9.78. The second kappa shape index (κ2) is 6.43. The van der Waals surface area contributed by atoms with Gasteiger partial charge in [-0.25, -0.2) is 0 Å². The van der Waals surface area contributed by atoms with E-state index >= 15 is 0 Å². The van der Waals surface area contributed by atoms with E-state index in [1.54, 1.807) is 0 Å². The first-order valence-electron chi connectivity index (χ1n) is 6.55. The van der Waals surface area contributed by atoms with Crippen molar-refractivity contribution in [2.45, 2.75) is 53.0 Å². The molecule has 2 nitrogen and oxygen atoms in total. The average Bonchev–Trinajstić information content (AvgIpc) is 2.22. The Morgan fingerprint density at radius 2 is 2.00 bits per heavy atom. The zero-order valence-corrected chi connectivity index (χ0v) is 11.9. The molecule has 1 aliphatic carbocycles. The molecule has 0 amide bonds. The predicted octanol–water partition coefficient (Wildman–Crippen LogP) is 2.93. The van der Waals surface area contributed by atoms with Crippen LogP contribution in [0.25, 0.3) is 0 Å². The van der Waals surface area contributed by atoms with E-state index in [-0.39, 0.29) is 0 Å². The molecule has 3 unspecified atom stereocenters. The van der Waals surface area contributed by atoms with Gasteiger partial charge in [-0.05, 0) is 36.4 Å². The number of rotatable bonds is 3. The monoisotopic (exact) mass is 242 g/mol. The van der Waals surface area contributed by atoms with Gasteiger partial charge in [0.1, 0.15) is 0 Å². The highest BCUT2D eigenvalue weighted by Gasteiger charge is 2.27. The van der Waals surface area contributed by atoms with E-state index in [0.717, 1.165) is 23.5 Å². The Morgan fingerprint density at radius 1 is 1.31 bits per heavy atom. The molecule has 0 spiro atoms. The van der Waals surface area contributed by atoms with Gasteiger partial charge in [0.05, 0.1) is 0 Å². The van der Waals surface area contributed by atoms with Crippen LogP contribution in [0.4, 0.5) is 0 Å². The summed E-state index contributed by atoms with van der Waals surface area (Å²) in [5.41, 5.74) is 0. The first-order chi connectivity index (χ1) is 7.50. The van der Waals surface area contributed by atoms with Crippen molar-refractivity contribution >= 4 is 17.3 Å². The topological polar surface area (TPSA) is 24.1 Å². The van der Waals surface area contributed by atoms with Crippen LogP contribution in [0.5, 0.6) is 0 Å². The quantitative estimate of drug-likeness (QED) is 0.744. The standard InChI is InChI=1S/C13H26N2S/c1-9(2)8-14-13(16)15-12-7-5-6-10(3)11(12)4/h9-12H,5-8H2,1-4H3,(H2,14,15,16). The van der Waals surface area contributed by atoms with Crippen LogP contribution in [0.15, 0.2) is 0 Å². The highest BCUT2D eigenvalue weighted by Crippen LogP contribution is 2.29. The molecule has 0 aromatic heterocycles. The third kappa shape index (κ3) is 4.28. The van der Waals surface area contributed by atoms with Gasteiger partial charge >= 0.3 is 0 Å². The molecule has 1 saturated carbocycles. The van der Waals surface area contributed by atoms with Crippen molar-refractivity contribution in [1.82, 2.24) is 10.6 Å². The van der Waals surface area contributed by atoms with Gasteiger partial charge in [-0.3, -0.25) is 0 Å². The average molecular weight is 242 g/mol. The van der Waals surface area contributed by atoms with Crippen molar-refractivity contribution in [3.8, 4) is 0 Å². The van der Waals surface area contributed by atoms with E-state index in [0.29, 0.717) is 12.0 Å². The van der Waals surface area contributed by atoms with Crippen molar-refractivity contribution in [3.63, 3.8) is 0 Å². The molecule has 94 valence electrons. The minimum atomic E-state index is 0.566. The van der Waals surface area contributed by atoms with Gasteiger partial charge in [0.15, 0.2) is 5.11 Å². The summed E-state index contributed by atoms with van der Waals surface area (Å²) in [6.45, 7) is 10.0. The SMILES string of the molecule is CC(C)CNC(=S)NC1CCCC(C)C1C. The van der Waals surface area contributed by atoms with E-state index in [9.17, 15) is 0 Å². The Hall–Kier alpha value is -0.310. The second-order valence-corrected chi connectivity index (χ2v) is 6.03. The van der Waals surface area contributed by atoms with E-state index < -0.39 is 0 Å². The van der Waals surface area contributed by atoms with Gasteiger partial charge < -0.3 is 10.6 Å². The summed E-state index contributed by atoms with van der Waals surface area (Å²) in [5, 5.41) is 7.59. The summed E-state index contributed by atoms with van der Waals surface area (Å²) >= 11 is 5.32. The van der Waals surface area contributed by atoms with Crippen molar-refractivity contribution in [3.05, 3.63) is 0 Å². The molecular weight excluding hydrogens is 216 g/mol. The van der Waals surface area contributed by atoms with Crippen LogP contribution in [0.3, 0.4) is 0 Å². The molecule has 0 heterocycles. The van der Waals surface area contributed by atoms with Gasteiger partial charge in [0, 0.05) is 12.6 Å². The molecule has 16 heavy (non-hydrogen) atoms. The normalized spacial score (nSPS) is 30.2.